The maximum absolute atomic E-state index is 11.7. The van der Waals surface area contributed by atoms with E-state index in [-0.39, 0.29) is 23.9 Å². The van der Waals surface area contributed by atoms with Gasteiger partial charge in [-0.15, -0.1) is 0 Å². The van der Waals surface area contributed by atoms with Crippen LogP contribution in [0.2, 0.25) is 0 Å². The third-order valence-electron chi connectivity index (χ3n) is 3.99. The van der Waals surface area contributed by atoms with Crippen LogP contribution in [0.1, 0.15) is 33.8 Å². The molecule has 1 N–H and O–H groups in total. The van der Waals surface area contributed by atoms with Crippen LogP contribution in [-0.4, -0.2) is 24.2 Å². The average molecular weight is 312 g/mol. The van der Waals surface area contributed by atoms with E-state index < -0.39 is 5.97 Å². The molecule has 0 amide bonds. The van der Waals surface area contributed by atoms with Crippen molar-refractivity contribution >= 4 is 11.9 Å². The molecule has 0 saturated heterocycles. The first-order valence-corrected chi connectivity index (χ1v) is 7.28. The Kier molecular flexibility index (Phi) is 4.02. The van der Waals surface area contributed by atoms with E-state index in [1.54, 1.807) is 12.1 Å². The first kappa shape index (κ1) is 15.1. The Labute approximate surface area is 133 Å². The van der Waals surface area contributed by atoms with Crippen LogP contribution in [0.3, 0.4) is 0 Å². The summed E-state index contributed by atoms with van der Waals surface area (Å²) < 4.78 is 10.7. The number of ether oxygens (including phenoxy) is 2. The number of carbonyl (C=O) groups is 2. The minimum absolute atomic E-state index is 0.121. The number of methoxy groups -OCH3 is 1. The number of hydrogen-bond acceptors (Lipinski definition) is 4. The summed E-state index contributed by atoms with van der Waals surface area (Å²) in [6.07, 6.45) is 0.732. The third kappa shape index (κ3) is 3.04. The molecule has 0 radical (unpaired) electrons. The number of hydrogen-bond donors (Lipinski definition) is 1. The molecule has 5 heteroatoms. The molecule has 1 aliphatic heterocycles. The zero-order valence-corrected chi connectivity index (χ0v) is 12.6. The van der Waals surface area contributed by atoms with E-state index in [1.165, 1.54) is 13.2 Å². The predicted molar refractivity (Wildman–Crippen MR) is 83.0 cm³/mol. The van der Waals surface area contributed by atoms with Crippen LogP contribution >= 0.6 is 0 Å². The lowest BCUT2D eigenvalue weighted by Crippen LogP contribution is -2.10. The monoisotopic (exact) mass is 312 g/mol. The molecular formula is C18H16O5. The van der Waals surface area contributed by atoms with E-state index in [1.807, 2.05) is 24.3 Å². The number of carboxylic acids is 1. The number of benzene rings is 2. The summed E-state index contributed by atoms with van der Waals surface area (Å²) in [4.78, 5) is 22.9. The van der Waals surface area contributed by atoms with E-state index in [0.29, 0.717) is 17.9 Å². The van der Waals surface area contributed by atoms with E-state index in [4.69, 9.17) is 14.6 Å². The highest BCUT2D eigenvalue weighted by Gasteiger charge is 2.26. The molecule has 0 fully saturated rings. The summed E-state index contributed by atoms with van der Waals surface area (Å²) in [5.41, 5.74) is 1.90. The average Bonchev–Trinajstić information content (AvgIpc) is 2.70. The van der Waals surface area contributed by atoms with Crippen LogP contribution in [-0.2, 0) is 16.0 Å². The van der Waals surface area contributed by atoms with Gasteiger partial charge < -0.3 is 14.6 Å². The Bertz CT molecular complexity index is 766. The summed E-state index contributed by atoms with van der Waals surface area (Å²) in [5, 5.41) is 9.16. The molecule has 1 heterocycles. The van der Waals surface area contributed by atoms with Crippen LogP contribution in [0.15, 0.2) is 42.5 Å². The Morgan fingerprint density at radius 3 is 2.74 bits per heavy atom. The predicted octanol–water partition coefficient (Wildman–Crippen LogP) is 3.38. The van der Waals surface area contributed by atoms with Gasteiger partial charge in [0.15, 0.2) is 0 Å². The van der Waals surface area contributed by atoms with Gasteiger partial charge in [-0.3, -0.25) is 4.79 Å². The Hall–Kier alpha value is -2.82. The van der Waals surface area contributed by atoms with Crippen molar-refractivity contribution in [3.63, 3.8) is 0 Å². The lowest BCUT2D eigenvalue weighted by atomic mass is 9.89. The second-order valence-electron chi connectivity index (χ2n) is 5.45. The van der Waals surface area contributed by atoms with Crippen molar-refractivity contribution in [2.75, 3.05) is 7.11 Å². The number of carbonyl (C=O) groups excluding carboxylic acids is 1. The van der Waals surface area contributed by atoms with Crippen LogP contribution in [0, 0.1) is 0 Å². The highest BCUT2D eigenvalue weighted by atomic mass is 16.5. The number of rotatable bonds is 3. The van der Waals surface area contributed by atoms with Crippen molar-refractivity contribution in [2.24, 2.45) is 0 Å². The molecular weight excluding hydrogens is 296 g/mol. The molecule has 23 heavy (non-hydrogen) atoms. The van der Waals surface area contributed by atoms with Crippen molar-refractivity contribution in [1.29, 1.82) is 0 Å². The van der Waals surface area contributed by atoms with Gasteiger partial charge in [-0.2, -0.15) is 0 Å². The van der Waals surface area contributed by atoms with Crippen LogP contribution < -0.4 is 4.74 Å². The number of esters is 1. The van der Waals surface area contributed by atoms with Crippen LogP contribution in [0.25, 0.3) is 0 Å². The van der Waals surface area contributed by atoms with E-state index >= 15 is 0 Å². The summed E-state index contributed by atoms with van der Waals surface area (Å²) in [6, 6.07) is 12.3. The first-order valence-electron chi connectivity index (χ1n) is 7.28. The summed E-state index contributed by atoms with van der Waals surface area (Å²) in [7, 11) is 1.36. The maximum Gasteiger partial charge on any atom is 0.335 e. The number of para-hydroxylation sites is 1. The van der Waals surface area contributed by atoms with Crippen molar-refractivity contribution in [1.82, 2.24) is 0 Å². The van der Waals surface area contributed by atoms with Gasteiger partial charge in [0, 0.05) is 5.92 Å². The van der Waals surface area contributed by atoms with Crippen LogP contribution in [0.5, 0.6) is 11.5 Å². The molecule has 1 aliphatic rings. The fraction of sp³-hybridized carbons (Fsp3) is 0.222. The Morgan fingerprint density at radius 2 is 2.00 bits per heavy atom. The maximum atomic E-state index is 11.7. The number of carboxylic acid groups (broad SMARTS) is 1. The second-order valence-corrected chi connectivity index (χ2v) is 5.45. The molecule has 2 aromatic carbocycles. The van der Waals surface area contributed by atoms with Gasteiger partial charge in [0.05, 0.1) is 19.1 Å². The Morgan fingerprint density at radius 1 is 1.22 bits per heavy atom. The van der Waals surface area contributed by atoms with Gasteiger partial charge in [-0.25, -0.2) is 4.79 Å². The van der Waals surface area contributed by atoms with Gasteiger partial charge in [0.1, 0.15) is 11.5 Å². The van der Waals surface area contributed by atoms with E-state index in [9.17, 15) is 9.59 Å². The second kappa shape index (κ2) is 6.12. The molecule has 1 atom stereocenters. The molecule has 2 aromatic rings. The summed E-state index contributed by atoms with van der Waals surface area (Å²) >= 11 is 0. The molecule has 0 bridgehead atoms. The van der Waals surface area contributed by atoms with Gasteiger partial charge in [-0.05, 0) is 41.8 Å². The van der Waals surface area contributed by atoms with E-state index in [2.05, 4.69) is 0 Å². The van der Waals surface area contributed by atoms with Gasteiger partial charge in [0.2, 0.25) is 0 Å². The molecule has 0 aliphatic carbocycles. The molecule has 1 unspecified atom stereocenters. The first-order chi connectivity index (χ1) is 11.1. The normalized spacial score (nSPS) is 15.6. The van der Waals surface area contributed by atoms with Gasteiger partial charge >= 0.3 is 11.9 Å². The smallest absolute Gasteiger partial charge is 0.335 e. The highest BCUT2D eigenvalue weighted by molar-refractivity contribution is 5.88. The SMILES string of the molecule is COC(=O)CC1Cc2cc(C(=O)O)ccc2Oc2ccccc21. The number of aromatic carboxylic acids is 1. The molecule has 0 saturated carbocycles. The van der Waals surface area contributed by atoms with Gasteiger partial charge in [-0.1, -0.05) is 18.2 Å². The molecule has 3 rings (SSSR count). The molecule has 0 aromatic heterocycles. The summed E-state index contributed by atoms with van der Waals surface area (Å²) in [5.74, 6) is -0.108. The largest absolute Gasteiger partial charge is 0.478 e. The zero-order valence-electron chi connectivity index (χ0n) is 12.6. The minimum atomic E-state index is -0.987. The molecule has 5 nitrogen and oxygen atoms in total. The topological polar surface area (TPSA) is 72.8 Å². The Balaban J connectivity index is 2.05. The minimum Gasteiger partial charge on any atom is -0.478 e. The molecule has 0 spiro atoms. The van der Waals surface area contributed by atoms with Crippen molar-refractivity contribution < 1.29 is 24.2 Å². The third-order valence-corrected chi connectivity index (χ3v) is 3.99. The van der Waals surface area contributed by atoms with Crippen molar-refractivity contribution in [2.45, 2.75) is 18.8 Å². The lowest BCUT2D eigenvalue weighted by Gasteiger charge is -2.15. The highest BCUT2D eigenvalue weighted by Crippen LogP contribution is 2.41. The van der Waals surface area contributed by atoms with Crippen LogP contribution in [0.4, 0.5) is 0 Å². The van der Waals surface area contributed by atoms with Crippen molar-refractivity contribution in [3.05, 3.63) is 59.2 Å². The lowest BCUT2D eigenvalue weighted by molar-refractivity contribution is -0.141. The fourth-order valence-corrected chi connectivity index (χ4v) is 2.84. The quantitative estimate of drug-likeness (QED) is 0.880. The fourth-order valence-electron chi connectivity index (χ4n) is 2.84. The zero-order chi connectivity index (χ0) is 16.4. The summed E-state index contributed by atoms with van der Waals surface area (Å²) in [6.45, 7) is 0. The van der Waals surface area contributed by atoms with E-state index in [0.717, 1.165) is 11.1 Å². The standard InChI is InChI=1S/C18H16O5/c1-22-17(19)10-12-9-13-8-11(18(20)21)6-7-15(13)23-16-5-3-2-4-14(12)16/h2-8,12H,9-10H2,1H3,(H,20,21). The van der Waals surface area contributed by atoms with Crippen molar-refractivity contribution in [3.8, 4) is 11.5 Å². The molecule has 118 valence electrons. The van der Waals surface area contributed by atoms with Gasteiger partial charge in [0.25, 0.3) is 0 Å². The number of fused-ring (bicyclic) bond motifs is 2.